The number of nitrogens with two attached hydrogens (primary N) is 1. The Balaban J connectivity index is 2.55. The van der Waals surface area contributed by atoms with E-state index in [4.69, 9.17) is 28.9 Å². The fourth-order valence-corrected chi connectivity index (χ4v) is 2.81. The third kappa shape index (κ3) is 2.34. The molecule has 0 bridgehead atoms. The number of nitrogens with one attached hydrogen (secondary N) is 1. The number of carbonyl (C=O) groups excluding carboxylic acids is 3. The third-order valence-electron chi connectivity index (χ3n) is 3.41. The predicted molar refractivity (Wildman–Crippen MR) is 79.2 cm³/mol. The summed E-state index contributed by atoms with van der Waals surface area (Å²) in [6.45, 7) is 3.24. The quantitative estimate of drug-likeness (QED) is 0.655. The lowest BCUT2D eigenvalue weighted by Gasteiger charge is -2.26. The van der Waals surface area contributed by atoms with E-state index in [0.717, 1.165) is 4.90 Å². The van der Waals surface area contributed by atoms with Gasteiger partial charge in [-0.3, -0.25) is 9.59 Å². The molecule has 6 nitrogen and oxygen atoms in total. The van der Waals surface area contributed by atoms with Gasteiger partial charge in [0.1, 0.15) is 0 Å². The molecule has 0 radical (unpaired) electrons. The zero-order valence-electron chi connectivity index (χ0n) is 11.3. The predicted octanol–water partition coefficient (Wildman–Crippen LogP) is 1.93. The number of hydrogen-bond acceptors (Lipinski definition) is 3. The summed E-state index contributed by atoms with van der Waals surface area (Å²) in [7, 11) is 0. The van der Waals surface area contributed by atoms with Gasteiger partial charge in [0.25, 0.3) is 11.8 Å². The first-order chi connectivity index (χ1) is 9.70. The van der Waals surface area contributed by atoms with Crippen LogP contribution in [0, 0.1) is 5.92 Å². The molecular formula is C13H13Cl2N3O3. The number of anilines is 1. The normalized spacial score (nSPS) is 21.9. The minimum absolute atomic E-state index is 0.179. The second-order valence-corrected chi connectivity index (χ2v) is 5.90. The first-order valence-corrected chi connectivity index (χ1v) is 6.88. The van der Waals surface area contributed by atoms with Gasteiger partial charge in [0.15, 0.2) is 0 Å². The minimum atomic E-state index is -1.77. The number of benzene rings is 1. The highest BCUT2D eigenvalue weighted by atomic mass is 35.5. The molecule has 8 heteroatoms. The number of primary amides is 1. The Morgan fingerprint density at radius 1 is 1.24 bits per heavy atom. The summed E-state index contributed by atoms with van der Waals surface area (Å²) in [5.74, 6) is -2.16. The number of rotatable bonds is 3. The standard InChI is InChI=1S/C13H13Cl2N3O3/c1-6(2)13(10(16)19)11(20)18(12(21)17-13)9-4-7(14)3-8(15)5-9/h3-6H,1-2H3,(H2,16,19)(H,17,21). The van der Waals surface area contributed by atoms with Crippen molar-refractivity contribution in [2.24, 2.45) is 11.7 Å². The van der Waals surface area contributed by atoms with Gasteiger partial charge in [-0.2, -0.15) is 0 Å². The van der Waals surface area contributed by atoms with Gasteiger partial charge in [0.05, 0.1) is 5.69 Å². The lowest BCUT2D eigenvalue weighted by Crippen LogP contribution is -2.61. The highest BCUT2D eigenvalue weighted by Crippen LogP contribution is 2.32. The molecule has 2 rings (SSSR count). The number of amides is 4. The van der Waals surface area contributed by atoms with Crippen LogP contribution in [-0.2, 0) is 9.59 Å². The monoisotopic (exact) mass is 329 g/mol. The molecule has 0 saturated carbocycles. The van der Waals surface area contributed by atoms with E-state index in [9.17, 15) is 14.4 Å². The van der Waals surface area contributed by atoms with Gasteiger partial charge in [0.2, 0.25) is 5.54 Å². The van der Waals surface area contributed by atoms with Crippen LogP contribution >= 0.6 is 23.2 Å². The summed E-state index contributed by atoms with van der Waals surface area (Å²) in [4.78, 5) is 37.3. The zero-order valence-corrected chi connectivity index (χ0v) is 12.8. The number of hydrogen-bond donors (Lipinski definition) is 2. The molecule has 0 spiro atoms. The highest BCUT2D eigenvalue weighted by Gasteiger charge is 2.58. The Hall–Kier alpha value is -1.79. The molecule has 1 saturated heterocycles. The van der Waals surface area contributed by atoms with Gasteiger partial charge in [-0.15, -0.1) is 0 Å². The van der Waals surface area contributed by atoms with Gasteiger partial charge >= 0.3 is 6.03 Å². The van der Waals surface area contributed by atoms with E-state index in [1.165, 1.54) is 18.2 Å². The smallest absolute Gasteiger partial charge is 0.330 e. The Bertz CT molecular complexity index is 627. The molecule has 1 heterocycles. The molecule has 1 fully saturated rings. The van der Waals surface area contributed by atoms with Crippen molar-refractivity contribution in [3.05, 3.63) is 28.2 Å². The van der Waals surface area contributed by atoms with Crippen molar-refractivity contribution in [1.82, 2.24) is 5.32 Å². The van der Waals surface area contributed by atoms with Crippen LogP contribution in [0.15, 0.2) is 18.2 Å². The molecule has 1 unspecified atom stereocenters. The summed E-state index contributed by atoms with van der Waals surface area (Å²) in [5, 5.41) is 2.91. The van der Waals surface area contributed by atoms with Crippen LogP contribution in [0.1, 0.15) is 13.8 Å². The van der Waals surface area contributed by atoms with E-state index >= 15 is 0 Å². The van der Waals surface area contributed by atoms with Crippen LogP contribution < -0.4 is 16.0 Å². The van der Waals surface area contributed by atoms with Crippen molar-refractivity contribution in [1.29, 1.82) is 0 Å². The Morgan fingerprint density at radius 3 is 2.14 bits per heavy atom. The van der Waals surface area contributed by atoms with Crippen molar-refractivity contribution < 1.29 is 14.4 Å². The van der Waals surface area contributed by atoms with E-state index in [1.807, 2.05) is 0 Å². The second kappa shape index (κ2) is 5.20. The maximum atomic E-state index is 12.6. The summed E-state index contributed by atoms with van der Waals surface area (Å²) < 4.78 is 0. The SMILES string of the molecule is CC(C)C1(C(N)=O)NC(=O)N(c2cc(Cl)cc(Cl)c2)C1=O. The highest BCUT2D eigenvalue weighted by molar-refractivity contribution is 6.36. The van der Waals surface area contributed by atoms with E-state index < -0.39 is 29.3 Å². The number of halogens is 2. The summed E-state index contributed by atoms with van der Waals surface area (Å²) in [6, 6.07) is 3.53. The average Bonchev–Trinajstić information content (AvgIpc) is 2.60. The van der Waals surface area contributed by atoms with Crippen LogP contribution in [0.2, 0.25) is 10.0 Å². The summed E-state index contributed by atoms with van der Waals surface area (Å²) in [6.07, 6.45) is 0. The molecule has 1 aromatic rings. The van der Waals surface area contributed by atoms with Gasteiger partial charge in [-0.1, -0.05) is 37.0 Å². The molecule has 112 valence electrons. The first-order valence-electron chi connectivity index (χ1n) is 6.13. The molecule has 1 aliphatic heterocycles. The second-order valence-electron chi connectivity index (χ2n) is 5.03. The molecule has 4 amide bonds. The third-order valence-corrected chi connectivity index (χ3v) is 3.84. The first kappa shape index (κ1) is 15.6. The van der Waals surface area contributed by atoms with Crippen molar-refractivity contribution in [3.63, 3.8) is 0 Å². The fraction of sp³-hybridized carbons (Fsp3) is 0.308. The Morgan fingerprint density at radius 2 is 1.76 bits per heavy atom. The average molecular weight is 330 g/mol. The fourth-order valence-electron chi connectivity index (χ4n) is 2.29. The number of carbonyl (C=O) groups is 3. The van der Waals surface area contributed by atoms with Crippen LogP contribution in [0.5, 0.6) is 0 Å². The Kier molecular flexibility index (Phi) is 3.86. The number of urea groups is 1. The lowest BCUT2D eigenvalue weighted by molar-refractivity contribution is -0.135. The van der Waals surface area contributed by atoms with Crippen LogP contribution in [-0.4, -0.2) is 23.4 Å². The van der Waals surface area contributed by atoms with Gasteiger partial charge < -0.3 is 11.1 Å². The van der Waals surface area contributed by atoms with Crippen LogP contribution in [0.3, 0.4) is 0 Å². The van der Waals surface area contributed by atoms with E-state index in [0.29, 0.717) is 0 Å². The summed E-state index contributed by atoms with van der Waals surface area (Å²) >= 11 is 11.7. The van der Waals surface area contributed by atoms with Crippen molar-refractivity contribution in [2.75, 3.05) is 4.90 Å². The van der Waals surface area contributed by atoms with E-state index in [-0.39, 0.29) is 15.7 Å². The number of imide groups is 1. The zero-order chi connectivity index (χ0) is 15.9. The van der Waals surface area contributed by atoms with Gasteiger partial charge in [-0.05, 0) is 24.1 Å². The molecule has 0 aliphatic carbocycles. The number of nitrogens with zero attached hydrogens (tertiary/aromatic N) is 1. The molecule has 21 heavy (non-hydrogen) atoms. The van der Waals surface area contributed by atoms with Crippen molar-refractivity contribution >= 4 is 46.7 Å². The molecule has 1 atom stereocenters. The van der Waals surface area contributed by atoms with Crippen LogP contribution in [0.4, 0.5) is 10.5 Å². The van der Waals surface area contributed by atoms with E-state index in [1.54, 1.807) is 13.8 Å². The molecular weight excluding hydrogens is 317 g/mol. The molecule has 1 aromatic carbocycles. The molecule has 3 N–H and O–H groups in total. The Labute approximate surface area is 131 Å². The van der Waals surface area contributed by atoms with E-state index in [2.05, 4.69) is 5.32 Å². The van der Waals surface area contributed by atoms with Gasteiger partial charge in [0, 0.05) is 10.0 Å². The van der Waals surface area contributed by atoms with Gasteiger partial charge in [-0.25, -0.2) is 9.69 Å². The molecule has 0 aromatic heterocycles. The minimum Gasteiger partial charge on any atom is -0.367 e. The molecule has 1 aliphatic rings. The van der Waals surface area contributed by atoms with Crippen LogP contribution in [0.25, 0.3) is 0 Å². The largest absolute Gasteiger partial charge is 0.367 e. The summed E-state index contributed by atoms with van der Waals surface area (Å²) in [5.41, 5.74) is 3.74. The van der Waals surface area contributed by atoms with Crippen molar-refractivity contribution in [2.45, 2.75) is 19.4 Å². The maximum Gasteiger partial charge on any atom is 0.330 e. The van der Waals surface area contributed by atoms with Crippen molar-refractivity contribution in [3.8, 4) is 0 Å². The lowest BCUT2D eigenvalue weighted by atomic mass is 9.85. The topological polar surface area (TPSA) is 92.5 Å². The maximum absolute atomic E-state index is 12.6.